The fourth-order valence-corrected chi connectivity index (χ4v) is 6.65. The van der Waals surface area contributed by atoms with Gasteiger partial charge in [0.15, 0.2) is 6.10 Å². The molecule has 1 unspecified atom stereocenters. The first kappa shape index (κ1) is 53.0. The summed E-state index contributed by atoms with van der Waals surface area (Å²) in [6.07, 6.45) is 47.2. The second-order valence-corrected chi connectivity index (χ2v) is 16.0. The lowest BCUT2D eigenvalue weighted by Crippen LogP contribution is -2.29. The summed E-state index contributed by atoms with van der Waals surface area (Å²) in [5, 5.41) is 0. The number of nitrogens with two attached hydrogens (primary N) is 1. The van der Waals surface area contributed by atoms with Gasteiger partial charge in [-0.15, -0.1) is 0 Å². The van der Waals surface area contributed by atoms with Crippen LogP contribution in [0.1, 0.15) is 194 Å². The summed E-state index contributed by atoms with van der Waals surface area (Å²) in [5.74, 6) is -0.894. The Kier molecular flexibility index (Phi) is 40.1. The molecule has 0 bridgehead atoms. The predicted molar refractivity (Wildman–Crippen MR) is 229 cm³/mol. The van der Waals surface area contributed by atoms with E-state index in [1.54, 1.807) is 0 Å². The Labute approximate surface area is 336 Å². The molecule has 0 aromatic heterocycles. The molecule has 0 aliphatic rings. The van der Waals surface area contributed by atoms with Gasteiger partial charge >= 0.3 is 19.8 Å². The third kappa shape index (κ3) is 41.4. The van der Waals surface area contributed by atoms with Crippen molar-refractivity contribution >= 4 is 19.8 Å². The molecule has 0 amide bonds. The highest BCUT2D eigenvalue weighted by Crippen LogP contribution is 2.43. The van der Waals surface area contributed by atoms with Crippen molar-refractivity contribution in [3.05, 3.63) is 48.6 Å². The Morgan fingerprint density at radius 3 is 1.47 bits per heavy atom. The molecule has 320 valence electrons. The molecule has 0 heterocycles. The van der Waals surface area contributed by atoms with Gasteiger partial charge in [0, 0.05) is 19.4 Å². The summed E-state index contributed by atoms with van der Waals surface area (Å²) >= 11 is 0. The van der Waals surface area contributed by atoms with E-state index in [1.165, 1.54) is 103 Å². The van der Waals surface area contributed by atoms with Crippen molar-refractivity contribution in [1.29, 1.82) is 0 Å². The van der Waals surface area contributed by atoms with Gasteiger partial charge in [0.05, 0.1) is 13.2 Å². The Hall–Kier alpha value is -2.03. The van der Waals surface area contributed by atoms with Crippen molar-refractivity contribution in [1.82, 2.24) is 0 Å². The molecule has 3 N–H and O–H groups in total. The molecule has 0 saturated heterocycles. The maximum Gasteiger partial charge on any atom is 0.472 e. The number of phosphoric ester groups is 1. The van der Waals surface area contributed by atoms with Crippen LogP contribution in [0.4, 0.5) is 0 Å². The Bertz CT molecular complexity index is 1040. The molecule has 2 atom stereocenters. The average molecular weight is 796 g/mol. The summed E-state index contributed by atoms with van der Waals surface area (Å²) < 4.78 is 32.7. The number of allylic oxidation sites excluding steroid dienone is 8. The number of phosphoric acid groups is 1. The predicted octanol–water partition coefficient (Wildman–Crippen LogP) is 12.7. The summed E-state index contributed by atoms with van der Waals surface area (Å²) in [4.78, 5) is 34.8. The monoisotopic (exact) mass is 796 g/mol. The lowest BCUT2D eigenvalue weighted by molar-refractivity contribution is -0.161. The van der Waals surface area contributed by atoms with Crippen molar-refractivity contribution in [2.75, 3.05) is 26.4 Å². The number of rotatable bonds is 41. The molecular weight excluding hydrogens is 713 g/mol. The van der Waals surface area contributed by atoms with E-state index in [0.29, 0.717) is 12.8 Å². The molecule has 0 rings (SSSR count). The van der Waals surface area contributed by atoms with Crippen molar-refractivity contribution in [3.63, 3.8) is 0 Å². The molecule has 0 aromatic rings. The maximum atomic E-state index is 12.6. The van der Waals surface area contributed by atoms with Crippen LogP contribution in [0.2, 0.25) is 0 Å². The first-order valence-corrected chi connectivity index (χ1v) is 23.6. The first-order chi connectivity index (χ1) is 26.8. The molecule has 0 fully saturated rings. The van der Waals surface area contributed by atoms with Gasteiger partial charge in [0.1, 0.15) is 6.61 Å². The second-order valence-electron chi connectivity index (χ2n) is 14.6. The van der Waals surface area contributed by atoms with Crippen LogP contribution in [0, 0.1) is 0 Å². The molecular formula is C45H82NO8P. The molecule has 0 aromatic carbocycles. The van der Waals surface area contributed by atoms with Gasteiger partial charge in [0.25, 0.3) is 0 Å². The molecule has 0 aliphatic carbocycles. The summed E-state index contributed by atoms with van der Waals surface area (Å²) in [7, 11) is -4.39. The van der Waals surface area contributed by atoms with Gasteiger partial charge in [-0.1, -0.05) is 159 Å². The molecule has 10 heteroatoms. The number of ether oxygens (including phenoxy) is 2. The molecule has 0 radical (unpaired) electrons. The van der Waals surface area contributed by atoms with Gasteiger partial charge in [-0.2, -0.15) is 0 Å². The van der Waals surface area contributed by atoms with Crippen molar-refractivity contribution < 1.29 is 37.6 Å². The van der Waals surface area contributed by atoms with Crippen LogP contribution in [-0.2, 0) is 32.7 Å². The van der Waals surface area contributed by atoms with Crippen molar-refractivity contribution in [2.24, 2.45) is 5.73 Å². The minimum absolute atomic E-state index is 0.0452. The van der Waals surface area contributed by atoms with E-state index in [-0.39, 0.29) is 32.6 Å². The minimum Gasteiger partial charge on any atom is -0.462 e. The Balaban J connectivity index is 4.23. The van der Waals surface area contributed by atoms with Crippen LogP contribution in [0.3, 0.4) is 0 Å². The zero-order chi connectivity index (χ0) is 40.3. The summed E-state index contributed by atoms with van der Waals surface area (Å²) in [6.45, 7) is 3.66. The maximum absolute atomic E-state index is 12.6. The third-order valence-corrected chi connectivity index (χ3v) is 10.2. The highest BCUT2D eigenvalue weighted by atomic mass is 31.2. The van der Waals surface area contributed by atoms with E-state index in [1.807, 2.05) is 0 Å². The van der Waals surface area contributed by atoms with Gasteiger partial charge in [-0.3, -0.25) is 18.6 Å². The van der Waals surface area contributed by atoms with E-state index >= 15 is 0 Å². The number of esters is 2. The SMILES string of the molecule is CCCCCCCC/C=C/C/C=C/C/C=C/CCCC(=O)OC[C@H](COP(=O)(O)OCCN)OC(=O)CCCCCCCCC/C=C/CCCCCCCC. The Morgan fingerprint density at radius 1 is 0.545 bits per heavy atom. The second kappa shape index (κ2) is 41.6. The lowest BCUT2D eigenvalue weighted by Gasteiger charge is -2.19. The first-order valence-electron chi connectivity index (χ1n) is 22.1. The van der Waals surface area contributed by atoms with Crippen molar-refractivity contribution in [2.45, 2.75) is 200 Å². The van der Waals surface area contributed by atoms with Gasteiger partial charge in [-0.05, 0) is 70.6 Å². The number of carbonyl (C=O) groups excluding carboxylic acids is 2. The zero-order valence-electron chi connectivity index (χ0n) is 35.2. The van der Waals surface area contributed by atoms with E-state index in [2.05, 4.69) is 62.5 Å². The van der Waals surface area contributed by atoms with E-state index < -0.39 is 32.5 Å². The third-order valence-electron chi connectivity index (χ3n) is 9.19. The largest absolute Gasteiger partial charge is 0.472 e. The fraction of sp³-hybridized carbons (Fsp3) is 0.778. The molecule has 0 spiro atoms. The average Bonchev–Trinajstić information content (AvgIpc) is 3.17. The van der Waals surface area contributed by atoms with E-state index in [9.17, 15) is 19.0 Å². The minimum atomic E-state index is -4.39. The summed E-state index contributed by atoms with van der Waals surface area (Å²) in [6, 6.07) is 0. The highest BCUT2D eigenvalue weighted by Gasteiger charge is 2.26. The van der Waals surface area contributed by atoms with E-state index in [0.717, 1.165) is 51.4 Å². The van der Waals surface area contributed by atoms with Crippen LogP contribution in [-0.4, -0.2) is 49.3 Å². The molecule has 9 nitrogen and oxygen atoms in total. The topological polar surface area (TPSA) is 134 Å². The molecule has 0 aliphatic heterocycles. The fourth-order valence-electron chi connectivity index (χ4n) is 5.88. The van der Waals surface area contributed by atoms with Crippen LogP contribution in [0.5, 0.6) is 0 Å². The number of hydrogen-bond donors (Lipinski definition) is 2. The van der Waals surface area contributed by atoms with Crippen molar-refractivity contribution in [3.8, 4) is 0 Å². The quantitative estimate of drug-likeness (QED) is 0.0268. The standard InChI is InChI=1S/C45H82NO8P/c1-3-5-7-9-11-13-15-17-19-21-23-25-27-29-31-33-35-37-44(47)51-41-43(42-53-55(49,50)52-40-39-46)54-45(48)38-36-34-32-30-28-26-24-22-20-18-16-14-12-10-8-6-4-2/h17-20,23,25,29,31,43H,3-16,21-22,24,26-28,30,32-42,46H2,1-2H3,(H,49,50)/b19-17+,20-18+,25-23+,31-29+/t43-/m1/s1. The lowest BCUT2D eigenvalue weighted by atomic mass is 10.1. The number of hydrogen-bond acceptors (Lipinski definition) is 8. The Morgan fingerprint density at radius 2 is 0.964 bits per heavy atom. The molecule has 55 heavy (non-hydrogen) atoms. The van der Waals surface area contributed by atoms with Gasteiger partial charge in [0.2, 0.25) is 0 Å². The summed E-state index contributed by atoms with van der Waals surface area (Å²) in [5.41, 5.74) is 5.34. The van der Waals surface area contributed by atoms with Crippen LogP contribution < -0.4 is 5.73 Å². The molecule has 0 saturated carbocycles. The number of carbonyl (C=O) groups is 2. The van der Waals surface area contributed by atoms with Crippen LogP contribution in [0.15, 0.2) is 48.6 Å². The zero-order valence-corrected chi connectivity index (χ0v) is 36.0. The number of unbranched alkanes of at least 4 members (excludes halogenated alkanes) is 20. The normalized spacial score (nSPS) is 13.7. The highest BCUT2D eigenvalue weighted by molar-refractivity contribution is 7.47. The van der Waals surface area contributed by atoms with Crippen LogP contribution >= 0.6 is 7.82 Å². The van der Waals surface area contributed by atoms with Gasteiger partial charge < -0.3 is 20.1 Å². The smallest absolute Gasteiger partial charge is 0.462 e. The van der Waals surface area contributed by atoms with Crippen LogP contribution in [0.25, 0.3) is 0 Å². The van der Waals surface area contributed by atoms with Gasteiger partial charge in [-0.25, -0.2) is 4.57 Å². The van der Waals surface area contributed by atoms with E-state index in [4.69, 9.17) is 24.3 Å².